The number of carbonyl (C=O) groups excluding carboxylic acids is 1. The lowest BCUT2D eigenvalue weighted by Crippen LogP contribution is -2.46. The third-order valence-corrected chi connectivity index (χ3v) is 3.10. The number of hydrogen-bond donors (Lipinski definition) is 2. The molecule has 0 aliphatic heterocycles. The van der Waals surface area contributed by atoms with Crippen molar-refractivity contribution >= 4 is 23.5 Å². The Kier molecular flexibility index (Phi) is 4.35. The standard InChI is InChI=1S/C13H16ClNO3/c1-8(11(16)17)15-12(18)13(2,3)9-4-6-10(14)7-5-9/h4-8H,1-3H3,(H,15,18)(H,16,17). The van der Waals surface area contributed by atoms with E-state index in [2.05, 4.69) is 5.32 Å². The van der Waals surface area contributed by atoms with Gasteiger partial charge in [-0.3, -0.25) is 9.59 Å². The summed E-state index contributed by atoms with van der Waals surface area (Å²) in [5, 5.41) is 11.8. The largest absolute Gasteiger partial charge is 0.480 e. The van der Waals surface area contributed by atoms with Gasteiger partial charge in [-0.2, -0.15) is 0 Å². The topological polar surface area (TPSA) is 66.4 Å². The predicted molar refractivity (Wildman–Crippen MR) is 69.7 cm³/mol. The van der Waals surface area contributed by atoms with E-state index < -0.39 is 17.4 Å². The minimum absolute atomic E-state index is 0.334. The van der Waals surface area contributed by atoms with Crippen molar-refractivity contribution in [2.75, 3.05) is 0 Å². The first-order valence-electron chi connectivity index (χ1n) is 5.55. The highest BCUT2D eigenvalue weighted by Crippen LogP contribution is 2.25. The maximum Gasteiger partial charge on any atom is 0.325 e. The summed E-state index contributed by atoms with van der Waals surface area (Å²) in [5.41, 5.74) is -0.0316. The lowest BCUT2D eigenvalue weighted by molar-refractivity contribution is -0.142. The first kappa shape index (κ1) is 14.5. The average molecular weight is 270 g/mol. The Morgan fingerprint density at radius 3 is 2.22 bits per heavy atom. The lowest BCUT2D eigenvalue weighted by atomic mass is 9.83. The molecule has 1 aromatic rings. The second-order valence-corrected chi connectivity index (χ2v) is 5.10. The number of hydrogen-bond acceptors (Lipinski definition) is 2. The zero-order valence-corrected chi connectivity index (χ0v) is 11.3. The predicted octanol–water partition coefficient (Wildman–Crippen LogP) is 2.21. The Bertz CT molecular complexity index is 454. The van der Waals surface area contributed by atoms with E-state index >= 15 is 0 Å². The monoisotopic (exact) mass is 269 g/mol. The zero-order chi connectivity index (χ0) is 13.9. The summed E-state index contributed by atoms with van der Waals surface area (Å²) in [4.78, 5) is 22.8. The van der Waals surface area contributed by atoms with Crippen molar-refractivity contribution in [2.24, 2.45) is 0 Å². The number of benzene rings is 1. The van der Waals surface area contributed by atoms with Crippen molar-refractivity contribution < 1.29 is 14.7 Å². The van der Waals surface area contributed by atoms with Crippen molar-refractivity contribution in [2.45, 2.75) is 32.2 Å². The highest BCUT2D eigenvalue weighted by atomic mass is 35.5. The average Bonchev–Trinajstić information content (AvgIpc) is 2.29. The number of rotatable bonds is 4. The molecule has 1 aromatic carbocycles. The van der Waals surface area contributed by atoms with Crippen LogP contribution >= 0.6 is 11.6 Å². The van der Waals surface area contributed by atoms with Crippen LogP contribution in [0.25, 0.3) is 0 Å². The molecule has 1 rings (SSSR count). The van der Waals surface area contributed by atoms with Crippen LogP contribution in [0.2, 0.25) is 5.02 Å². The van der Waals surface area contributed by atoms with Crippen molar-refractivity contribution in [1.82, 2.24) is 5.32 Å². The van der Waals surface area contributed by atoms with Crippen molar-refractivity contribution in [3.05, 3.63) is 34.9 Å². The van der Waals surface area contributed by atoms with Crippen LogP contribution in [0.1, 0.15) is 26.3 Å². The SMILES string of the molecule is CC(NC(=O)C(C)(C)c1ccc(Cl)cc1)C(=O)O. The van der Waals surface area contributed by atoms with Crippen LogP contribution in [0.5, 0.6) is 0 Å². The third-order valence-electron chi connectivity index (χ3n) is 2.85. The Balaban J connectivity index is 2.89. The second-order valence-electron chi connectivity index (χ2n) is 4.67. The van der Waals surface area contributed by atoms with Crippen LogP contribution in [-0.2, 0) is 15.0 Å². The minimum atomic E-state index is -1.06. The molecule has 18 heavy (non-hydrogen) atoms. The molecule has 0 saturated heterocycles. The first-order chi connectivity index (χ1) is 8.25. The molecule has 1 amide bonds. The van der Waals surface area contributed by atoms with Gasteiger partial charge in [0.2, 0.25) is 5.91 Å². The number of aliphatic carboxylic acids is 1. The van der Waals surface area contributed by atoms with Gasteiger partial charge in [-0.1, -0.05) is 23.7 Å². The number of amides is 1. The summed E-state index contributed by atoms with van der Waals surface area (Å²) in [6.45, 7) is 4.90. The highest BCUT2D eigenvalue weighted by molar-refractivity contribution is 6.30. The summed E-state index contributed by atoms with van der Waals surface area (Å²) in [5.74, 6) is -1.39. The highest BCUT2D eigenvalue weighted by Gasteiger charge is 2.31. The number of nitrogens with one attached hydrogen (secondary N) is 1. The summed E-state index contributed by atoms with van der Waals surface area (Å²) < 4.78 is 0. The van der Waals surface area contributed by atoms with Crippen molar-refractivity contribution in [1.29, 1.82) is 0 Å². The van der Waals surface area contributed by atoms with E-state index in [4.69, 9.17) is 16.7 Å². The quantitative estimate of drug-likeness (QED) is 0.881. The number of halogens is 1. The smallest absolute Gasteiger partial charge is 0.325 e. The fourth-order valence-electron chi connectivity index (χ4n) is 1.44. The van der Waals surface area contributed by atoms with E-state index in [0.29, 0.717) is 5.02 Å². The Morgan fingerprint density at radius 1 is 1.28 bits per heavy atom. The van der Waals surface area contributed by atoms with Gasteiger partial charge in [0.15, 0.2) is 0 Å². The molecule has 0 bridgehead atoms. The van der Waals surface area contributed by atoms with E-state index in [-0.39, 0.29) is 5.91 Å². The normalized spacial score (nSPS) is 12.9. The molecule has 0 fully saturated rings. The van der Waals surface area contributed by atoms with E-state index in [1.165, 1.54) is 6.92 Å². The van der Waals surface area contributed by atoms with Crippen molar-refractivity contribution in [3.8, 4) is 0 Å². The molecule has 98 valence electrons. The summed E-state index contributed by atoms with van der Waals surface area (Å²) in [6, 6.07) is 6.00. The lowest BCUT2D eigenvalue weighted by Gasteiger charge is -2.25. The van der Waals surface area contributed by atoms with Gasteiger partial charge in [0.25, 0.3) is 0 Å². The number of carbonyl (C=O) groups is 2. The number of carboxylic acid groups (broad SMARTS) is 1. The van der Waals surface area contributed by atoms with E-state index in [9.17, 15) is 9.59 Å². The van der Waals surface area contributed by atoms with E-state index in [0.717, 1.165) is 5.56 Å². The maximum absolute atomic E-state index is 12.1. The molecule has 1 atom stereocenters. The van der Waals surface area contributed by atoms with Crippen LogP contribution in [0.3, 0.4) is 0 Å². The summed E-state index contributed by atoms with van der Waals surface area (Å²) >= 11 is 5.79. The molecule has 0 saturated carbocycles. The van der Waals surface area contributed by atoms with Gasteiger partial charge in [0.05, 0.1) is 5.41 Å². The van der Waals surface area contributed by atoms with Gasteiger partial charge in [-0.05, 0) is 38.5 Å². The van der Waals surface area contributed by atoms with Crippen LogP contribution < -0.4 is 5.32 Å². The third kappa shape index (κ3) is 3.23. The molecule has 0 aliphatic carbocycles. The van der Waals surface area contributed by atoms with Crippen LogP contribution in [-0.4, -0.2) is 23.0 Å². The molecule has 0 aromatic heterocycles. The Labute approximate surface area is 111 Å². The molecular weight excluding hydrogens is 254 g/mol. The van der Waals surface area contributed by atoms with Crippen LogP contribution in [0.4, 0.5) is 0 Å². The van der Waals surface area contributed by atoms with Gasteiger partial charge in [-0.25, -0.2) is 0 Å². The zero-order valence-electron chi connectivity index (χ0n) is 10.5. The maximum atomic E-state index is 12.1. The molecule has 0 aliphatic rings. The summed E-state index contributed by atoms with van der Waals surface area (Å²) in [6.07, 6.45) is 0. The molecular formula is C13H16ClNO3. The second kappa shape index (κ2) is 5.40. The fraction of sp³-hybridized carbons (Fsp3) is 0.385. The fourth-order valence-corrected chi connectivity index (χ4v) is 1.56. The van der Waals surface area contributed by atoms with Crippen molar-refractivity contribution in [3.63, 3.8) is 0 Å². The van der Waals surface area contributed by atoms with E-state index in [1.54, 1.807) is 38.1 Å². The molecule has 5 heteroatoms. The minimum Gasteiger partial charge on any atom is -0.480 e. The molecule has 4 nitrogen and oxygen atoms in total. The molecule has 1 unspecified atom stereocenters. The Morgan fingerprint density at radius 2 is 1.78 bits per heavy atom. The molecule has 0 radical (unpaired) electrons. The summed E-state index contributed by atoms with van der Waals surface area (Å²) in [7, 11) is 0. The molecule has 2 N–H and O–H groups in total. The first-order valence-corrected chi connectivity index (χ1v) is 5.92. The van der Waals surface area contributed by atoms with Crippen LogP contribution in [0.15, 0.2) is 24.3 Å². The number of carboxylic acids is 1. The van der Waals surface area contributed by atoms with E-state index in [1.807, 2.05) is 0 Å². The van der Waals surface area contributed by atoms with Gasteiger partial charge in [0, 0.05) is 5.02 Å². The molecule has 0 spiro atoms. The van der Waals surface area contributed by atoms with Crippen LogP contribution in [0, 0.1) is 0 Å². The molecule has 0 heterocycles. The Hall–Kier alpha value is -1.55. The van der Waals surface area contributed by atoms with Gasteiger partial charge in [-0.15, -0.1) is 0 Å². The van der Waals surface area contributed by atoms with Gasteiger partial charge >= 0.3 is 5.97 Å². The van der Waals surface area contributed by atoms with Gasteiger partial charge in [0.1, 0.15) is 6.04 Å². The van der Waals surface area contributed by atoms with Gasteiger partial charge < -0.3 is 10.4 Å².